The van der Waals surface area contributed by atoms with Gasteiger partial charge in [0.15, 0.2) is 0 Å². The Kier molecular flexibility index (Phi) is 4.62. The number of hydrogen-bond acceptors (Lipinski definition) is 3. The van der Waals surface area contributed by atoms with Crippen LogP contribution in [0, 0.1) is 10.1 Å². The molecule has 0 aliphatic heterocycles. The molecule has 4 rings (SSSR count). The molecular formula is C21H21N3O3. The minimum Gasteiger partial charge on any atom is -0.352 e. The second kappa shape index (κ2) is 7.23. The Bertz CT molecular complexity index is 1020. The number of aromatic nitrogens is 1. The molecule has 1 aromatic carbocycles. The van der Waals surface area contributed by atoms with Gasteiger partial charge in [-0.1, -0.05) is 12.1 Å². The summed E-state index contributed by atoms with van der Waals surface area (Å²) >= 11 is 0. The number of nitro benzene ring substituents is 1. The minimum atomic E-state index is -0.490. The third-order valence-electron chi connectivity index (χ3n) is 5.24. The number of aryl methyl sites for hydroxylation is 1. The monoisotopic (exact) mass is 363 g/mol. The molecule has 0 spiro atoms. The second-order valence-corrected chi connectivity index (χ2v) is 6.88. The molecule has 0 unspecified atom stereocenters. The first-order chi connectivity index (χ1) is 13.1. The first-order valence-corrected chi connectivity index (χ1v) is 9.27. The number of pyridine rings is 1. The number of carbonyl (C=O) groups excluding carboxylic acids is 1. The lowest BCUT2D eigenvalue weighted by Gasteiger charge is -2.13. The number of nitro groups is 1. The Labute approximate surface area is 157 Å². The fourth-order valence-corrected chi connectivity index (χ4v) is 4.00. The smallest absolute Gasteiger partial charge is 0.270 e. The number of rotatable bonds is 5. The quantitative estimate of drug-likeness (QED) is 0.555. The fourth-order valence-electron chi connectivity index (χ4n) is 4.00. The normalized spacial score (nSPS) is 13.3. The summed E-state index contributed by atoms with van der Waals surface area (Å²) in [6.45, 7) is 0.503. The molecule has 0 saturated carbocycles. The second-order valence-electron chi connectivity index (χ2n) is 6.88. The van der Waals surface area contributed by atoms with E-state index in [1.54, 1.807) is 6.07 Å². The number of benzene rings is 1. The predicted molar refractivity (Wildman–Crippen MR) is 103 cm³/mol. The molecule has 6 heteroatoms. The summed E-state index contributed by atoms with van der Waals surface area (Å²) in [6.07, 6.45) is 7.48. The molecule has 2 heterocycles. The van der Waals surface area contributed by atoms with Crippen molar-refractivity contribution >= 4 is 17.1 Å². The molecular weight excluding hydrogens is 342 g/mol. The van der Waals surface area contributed by atoms with E-state index >= 15 is 0 Å². The number of carbonyl (C=O) groups is 1. The molecule has 1 amide bonds. The minimum absolute atomic E-state index is 0.0739. The number of fused-ring (bicyclic) bond motifs is 3. The molecule has 2 aromatic heterocycles. The van der Waals surface area contributed by atoms with Crippen molar-refractivity contribution in [1.29, 1.82) is 0 Å². The van der Waals surface area contributed by atoms with Crippen molar-refractivity contribution in [2.24, 2.45) is 0 Å². The van der Waals surface area contributed by atoms with Gasteiger partial charge < -0.3 is 9.72 Å². The van der Waals surface area contributed by atoms with Crippen molar-refractivity contribution in [3.05, 3.63) is 81.2 Å². The van der Waals surface area contributed by atoms with E-state index < -0.39 is 4.92 Å². The van der Waals surface area contributed by atoms with Gasteiger partial charge in [0, 0.05) is 41.6 Å². The van der Waals surface area contributed by atoms with Crippen LogP contribution in [0.1, 0.15) is 40.0 Å². The van der Waals surface area contributed by atoms with Gasteiger partial charge in [0.25, 0.3) is 11.6 Å². The van der Waals surface area contributed by atoms with Crippen LogP contribution in [0.3, 0.4) is 0 Å². The van der Waals surface area contributed by atoms with E-state index in [1.165, 1.54) is 53.4 Å². The molecule has 3 aromatic rings. The summed E-state index contributed by atoms with van der Waals surface area (Å²) < 4.78 is 2.28. The molecule has 6 nitrogen and oxygen atoms in total. The van der Waals surface area contributed by atoms with Crippen LogP contribution in [0.2, 0.25) is 0 Å². The number of hydrogen-bond donors (Lipinski definition) is 1. The average molecular weight is 363 g/mol. The van der Waals surface area contributed by atoms with Crippen molar-refractivity contribution in [2.75, 3.05) is 6.54 Å². The zero-order valence-electron chi connectivity index (χ0n) is 15.0. The van der Waals surface area contributed by atoms with Gasteiger partial charge in [-0.05, 0) is 61.4 Å². The molecule has 138 valence electrons. The first-order valence-electron chi connectivity index (χ1n) is 9.27. The molecule has 1 aliphatic carbocycles. The van der Waals surface area contributed by atoms with Crippen molar-refractivity contribution in [3.63, 3.8) is 0 Å². The zero-order chi connectivity index (χ0) is 18.8. The molecule has 0 radical (unpaired) electrons. The number of nitrogens with one attached hydrogen (secondary N) is 1. The van der Waals surface area contributed by atoms with Crippen LogP contribution in [-0.2, 0) is 19.3 Å². The van der Waals surface area contributed by atoms with Gasteiger partial charge in [0.05, 0.1) is 4.92 Å². The maximum Gasteiger partial charge on any atom is 0.270 e. The van der Waals surface area contributed by atoms with Crippen LogP contribution in [0.5, 0.6) is 0 Å². The Morgan fingerprint density at radius 3 is 2.85 bits per heavy atom. The van der Waals surface area contributed by atoms with E-state index in [0.29, 0.717) is 12.1 Å². The molecule has 27 heavy (non-hydrogen) atoms. The van der Waals surface area contributed by atoms with Gasteiger partial charge in [-0.3, -0.25) is 14.9 Å². The largest absolute Gasteiger partial charge is 0.352 e. The Hall–Kier alpha value is -3.15. The summed E-state index contributed by atoms with van der Waals surface area (Å²) in [5.41, 5.74) is 5.59. The van der Waals surface area contributed by atoms with E-state index in [0.717, 1.165) is 19.3 Å². The van der Waals surface area contributed by atoms with E-state index in [9.17, 15) is 14.9 Å². The first kappa shape index (κ1) is 17.3. The standard InChI is InChI=1S/C21H21N3O3/c25-21(15-6-5-7-16(14-15)24(26)27)22-12-11-18-17-8-1-2-9-19(17)23-13-4-3-10-20(18)23/h3-7,10,13-14H,1-2,8-9,11-12H2,(H,22,25). The van der Waals surface area contributed by atoms with Crippen LogP contribution >= 0.6 is 0 Å². The zero-order valence-corrected chi connectivity index (χ0v) is 15.0. The Morgan fingerprint density at radius 1 is 1.15 bits per heavy atom. The van der Waals surface area contributed by atoms with Gasteiger partial charge in [0.1, 0.15) is 0 Å². The number of nitrogens with zero attached hydrogens (tertiary/aromatic N) is 2. The lowest BCUT2D eigenvalue weighted by molar-refractivity contribution is -0.384. The number of non-ortho nitro benzene ring substituents is 1. The highest BCUT2D eigenvalue weighted by Crippen LogP contribution is 2.30. The predicted octanol–water partition coefficient (Wildman–Crippen LogP) is 3.70. The summed E-state index contributed by atoms with van der Waals surface area (Å²) in [7, 11) is 0. The molecule has 0 fully saturated rings. The molecule has 1 aliphatic rings. The highest BCUT2D eigenvalue weighted by Gasteiger charge is 2.20. The lowest BCUT2D eigenvalue weighted by Crippen LogP contribution is -2.26. The Morgan fingerprint density at radius 2 is 2.00 bits per heavy atom. The van der Waals surface area contributed by atoms with Crippen molar-refractivity contribution in [3.8, 4) is 0 Å². The van der Waals surface area contributed by atoms with E-state index in [1.807, 2.05) is 6.07 Å². The fraction of sp³-hybridized carbons (Fsp3) is 0.286. The topological polar surface area (TPSA) is 76.7 Å². The van der Waals surface area contributed by atoms with Gasteiger partial charge in [-0.2, -0.15) is 0 Å². The lowest BCUT2D eigenvalue weighted by atomic mass is 9.93. The van der Waals surface area contributed by atoms with E-state index in [2.05, 4.69) is 28.0 Å². The maximum atomic E-state index is 12.4. The maximum absolute atomic E-state index is 12.4. The third kappa shape index (κ3) is 3.30. The van der Waals surface area contributed by atoms with Crippen LogP contribution in [0.15, 0.2) is 48.7 Å². The van der Waals surface area contributed by atoms with Crippen LogP contribution < -0.4 is 5.32 Å². The van der Waals surface area contributed by atoms with Gasteiger partial charge in [-0.15, -0.1) is 0 Å². The van der Waals surface area contributed by atoms with Gasteiger partial charge in [-0.25, -0.2) is 0 Å². The summed E-state index contributed by atoms with van der Waals surface area (Å²) in [4.78, 5) is 22.7. The summed E-state index contributed by atoms with van der Waals surface area (Å²) in [5, 5.41) is 13.8. The SMILES string of the molecule is O=C(NCCc1c2c(n3ccccc13)CCCC2)c1cccc([N+](=O)[O-])c1. The van der Waals surface area contributed by atoms with Crippen LogP contribution in [0.25, 0.3) is 5.52 Å². The van der Waals surface area contributed by atoms with Gasteiger partial charge >= 0.3 is 0 Å². The van der Waals surface area contributed by atoms with Crippen LogP contribution in [0.4, 0.5) is 5.69 Å². The highest BCUT2D eigenvalue weighted by molar-refractivity contribution is 5.94. The molecule has 0 bridgehead atoms. The molecule has 1 N–H and O–H groups in total. The highest BCUT2D eigenvalue weighted by atomic mass is 16.6. The number of amides is 1. The third-order valence-corrected chi connectivity index (χ3v) is 5.24. The van der Waals surface area contributed by atoms with Crippen molar-refractivity contribution in [1.82, 2.24) is 9.72 Å². The Balaban J connectivity index is 1.50. The van der Waals surface area contributed by atoms with Gasteiger partial charge in [0.2, 0.25) is 0 Å². The van der Waals surface area contributed by atoms with Crippen LogP contribution in [-0.4, -0.2) is 21.8 Å². The van der Waals surface area contributed by atoms with E-state index in [4.69, 9.17) is 0 Å². The molecule has 0 saturated heterocycles. The summed E-state index contributed by atoms with van der Waals surface area (Å²) in [5.74, 6) is -0.281. The molecule has 0 atom stereocenters. The average Bonchev–Trinajstić information content (AvgIpc) is 3.02. The summed E-state index contributed by atoms with van der Waals surface area (Å²) in [6, 6.07) is 12.1. The van der Waals surface area contributed by atoms with Crippen molar-refractivity contribution < 1.29 is 9.72 Å². The van der Waals surface area contributed by atoms with Crippen molar-refractivity contribution in [2.45, 2.75) is 32.1 Å². The van der Waals surface area contributed by atoms with E-state index in [-0.39, 0.29) is 11.6 Å².